The summed E-state index contributed by atoms with van der Waals surface area (Å²) in [7, 11) is 0. The van der Waals surface area contributed by atoms with Crippen LogP contribution in [0.2, 0.25) is 0 Å². The van der Waals surface area contributed by atoms with Crippen LogP contribution in [-0.4, -0.2) is 112 Å². The monoisotopic (exact) mass is 551 g/mol. The van der Waals surface area contributed by atoms with Crippen molar-refractivity contribution in [2.24, 2.45) is 17.3 Å². The fraction of sp³-hybridized carbons (Fsp3) is 0.857. The number of amides is 4. The highest BCUT2D eigenvalue weighted by atomic mass is 16.5. The van der Waals surface area contributed by atoms with Crippen LogP contribution in [0.1, 0.15) is 59.3 Å². The third kappa shape index (κ3) is 11.0. The lowest BCUT2D eigenvalue weighted by atomic mass is 9.81. The van der Waals surface area contributed by atoms with Crippen molar-refractivity contribution in [3.05, 3.63) is 0 Å². The quantitative estimate of drug-likeness (QED) is 0.457. The highest BCUT2D eigenvalue weighted by Crippen LogP contribution is 2.26. The minimum Gasteiger partial charge on any atom is -0.377 e. The van der Waals surface area contributed by atoms with Crippen molar-refractivity contribution in [1.82, 2.24) is 25.8 Å². The normalized spacial score (nSPS) is 26.5. The van der Waals surface area contributed by atoms with Crippen LogP contribution in [0.3, 0.4) is 0 Å². The van der Waals surface area contributed by atoms with Crippen LogP contribution in [0.5, 0.6) is 0 Å². The standard InChI is InChI=1S/C28H49N5O6/c1-28(2,3)17-26(36)32-11-6-23(7-12-32)33-19-25(35)30-9-5-22-18-29-8-4-21(22)16-24(34)31-10-13-38-14-15-39-20-27(33)37/h21-23,29H,4-20H2,1-3H3,(H,30,35)(H,31,34)/t21-,22-/m0/s1. The van der Waals surface area contributed by atoms with Gasteiger partial charge in [-0.25, -0.2) is 0 Å². The Labute approximate surface area is 233 Å². The molecule has 0 aromatic carbocycles. The van der Waals surface area contributed by atoms with Crippen LogP contribution in [0, 0.1) is 17.3 Å². The van der Waals surface area contributed by atoms with Crippen molar-refractivity contribution in [3.63, 3.8) is 0 Å². The van der Waals surface area contributed by atoms with Crippen LogP contribution >= 0.6 is 0 Å². The second-order valence-electron chi connectivity index (χ2n) is 12.2. The molecule has 3 heterocycles. The third-order valence-electron chi connectivity index (χ3n) is 7.79. The van der Waals surface area contributed by atoms with Crippen molar-refractivity contribution in [3.8, 4) is 0 Å². The number of carbonyl (C=O) groups is 4. The molecule has 0 unspecified atom stereocenters. The molecule has 3 saturated heterocycles. The van der Waals surface area contributed by atoms with E-state index in [4.69, 9.17) is 9.47 Å². The fourth-order valence-corrected chi connectivity index (χ4v) is 5.64. The summed E-state index contributed by atoms with van der Waals surface area (Å²) in [6.45, 7) is 10.7. The average molecular weight is 552 g/mol. The first-order valence-corrected chi connectivity index (χ1v) is 14.6. The Bertz CT molecular complexity index is 824. The number of ether oxygens (including phenoxy) is 2. The molecule has 0 spiro atoms. The van der Waals surface area contributed by atoms with Gasteiger partial charge in [0.05, 0.1) is 26.4 Å². The lowest BCUT2D eigenvalue weighted by Gasteiger charge is -2.39. The lowest BCUT2D eigenvalue weighted by Crippen LogP contribution is -2.53. The minimum atomic E-state index is -0.230. The molecule has 0 radical (unpaired) electrons. The number of likely N-dealkylation sites (tertiary alicyclic amines) is 1. The summed E-state index contributed by atoms with van der Waals surface area (Å²) < 4.78 is 11.1. The maximum Gasteiger partial charge on any atom is 0.249 e. The zero-order valence-corrected chi connectivity index (χ0v) is 24.1. The third-order valence-corrected chi connectivity index (χ3v) is 7.79. The Hall–Kier alpha value is -2.24. The van der Waals surface area contributed by atoms with E-state index < -0.39 is 0 Å². The van der Waals surface area contributed by atoms with Gasteiger partial charge in [-0.1, -0.05) is 20.8 Å². The number of nitrogens with one attached hydrogen (secondary N) is 3. The Morgan fingerprint density at radius 2 is 1.56 bits per heavy atom. The maximum atomic E-state index is 13.2. The lowest BCUT2D eigenvalue weighted by molar-refractivity contribution is -0.145. The van der Waals surface area contributed by atoms with Gasteiger partial charge in [-0.15, -0.1) is 0 Å². The van der Waals surface area contributed by atoms with Crippen LogP contribution in [0.15, 0.2) is 0 Å². The summed E-state index contributed by atoms with van der Waals surface area (Å²) in [5.74, 6) is 0.297. The predicted molar refractivity (Wildman–Crippen MR) is 147 cm³/mol. The number of rotatable bonds is 2. The summed E-state index contributed by atoms with van der Waals surface area (Å²) in [4.78, 5) is 54.7. The number of carbonyl (C=O) groups excluding carboxylic acids is 4. The number of hydrogen-bond acceptors (Lipinski definition) is 7. The molecule has 0 aliphatic carbocycles. The molecule has 3 N–H and O–H groups in total. The van der Waals surface area contributed by atoms with Gasteiger partial charge in [-0.3, -0.25) is 19.2 Å². The number of hydrogen-bond donors (Lipinski definition) is 3. The molecule has 11 nitrogen and oxygen atoms in total. The Kier molecular flexibility index (Phi) is 12.5. The van der Waals surface area contributed by atoms with E-state index in [0.717, 1.165) is 25.9 Å². The highest BCUT2D eigenvalue weighted by Gasteiger charge is 2.32. The van der Waals surface area contributed by atoms with E-state index in [1.165, 1.54) is 0 Å². The molecular formula is C28H49N5O6. The topological polar surface area (TPSA) is 129 Å². The Balaban J connectivity index is 1.60. The molecule has 3 aliphatic heterocycles. The molecule has 0 saturated carbocycles. The molecule has 2 atom stereocenters. The average Bonchev–Trinajstić information content (AvgIpc) is 2.88. The predicted octanol–water partition coefficient (Wildman–Crippen LogP) is 0.527. The molecule has 0 aromatic rings. The molecule has 3 fully saturated rings. The number of fused-ring (bicyclic) bond motifs is 1. The van der Waals surface area contributed by atoms with Crippen molar-refractivity contribution < 1.29 is 28.7 Å². The van der Waals surface area contributed by atoms with Gasteiger partial charge in [0.25, 0.3) is 0 Å². The van der Waals surface area contributed by atoms with E-state index in [1.807, 2.05) is 4.90 Å². The van der Waals surface area contributed by atoms with Crippen molar-refractivity contribution in [2.45, 2.75) is 65.3 Å². The zero-order chi connectivity index (χ0) is 28.3. The van der Waals surface area contributed by atoms with Gasteiger partial charge in [-0.05, 0) is 56.0 Å². The Morgan fingerprint density at radius 1 is 0.872 bits per heavy atom. The molecular weight excluding hydrogens is 502 g/mol. The molecule has 3 rings (SSSR count). The van der Waals surface area contributed by atoms with E-state index in [1.54, 1.807) is 4.90 Å². The van der Waals surface area contributed by atoms with Crippen LogP contribution in [0.25, 0.3) is 0 Å². The second kappa shape index (κ2) is 15.5. The molecule has 0 aromatic heterocycles. The zero-order valence-electron chi connectivity index (χ0n) is 24.1. The first-order chi connectivity index (χ1) is 18.6. The van der Waals surface area contributed by atoms with Gasteiger partial charge in [0.2, 0.25) is 23.6 Å². The number of piperidine rings is 2. The van der Waals surface area contributed by atoms with Crippen molar-refractivity contribution >= 4 is 23.6 Å². The van der Waals surface area contributed by atoms with E-state index >= 15 is 0 Å². The molecule has 3 aliphatic rings. The first kappa shape index (κ1) is 31.3. The minimum absolute atomic E-state index is 0.0288. The van der Waals surface area contributed by atoms with Gasteiger partial charge < -0.3 is 35.2 Å². The van der Waals surface area contributed by atoms with Crippen LogP contribution in [0.4, 0.5) is 0 Å². The van der Waals surface area contributed by atoms with E-state index in [-0.39, 0.29) is 60.8 Å². The summed E-state index contributed by atoms with van der Waals surface area (Å²) in [6.07, 6.45) is 3.93. The molecule has 11 heteroatoms. The summed E-state index contributed by atoms with van der Waals surface area (Å²) in [5.41, 5.74) is -0.0768. The number of nitrogens with zero attached hydrogens (tertiary/aromatic N) is 2. The molecule has 0 bridgehead atoms. The van der Waals surface area contributed by atoms with Gasteiger partial charge in [0, 0.05) is 45.1 Å². The van der Waals surface area contributed by atoms with E-state index in [9.17, 15) is 19.2 Å². The smallest absolute Gasteiger partial charge is 0.249 e. The van der Waals surface area contributed by atoms with Crippen LogP contribution in [-0.2, 0) is 28.7 Å². The van der Waals surface area contributed by atoms with E-state index in [2.05, 4.69) is 36.7 Å². The van der Waals surface area contributed by atoms with Gasteiger partial charge >= 0.3 is 0 Å². The van der Waals surface area contributed by atoms with Crippen molar-refractivity contribution in [1.29, 1.82) is 0 Å². The largest absolute Gasteiger partial charge is 0.377 e. The first-order valence-electron chi connectivity index (χ1n) is 14.6. The maximum absolute atomic E-state index is 13.2. The second-order valence-corrected chi connectivity index (χ2v) is 12.2. The van der Waals surface area contributed by atoms with Crippen LogP contribution < -0.4 is 16.0 Å². The van der Waals surface area contributed by atoms with Crippen molar-refractivity contribution in [2.75, 3.05) is 72.2 Å². The van der Waals surface area contributed by atoms with E-state index in [0.29, 0.717) is 71.0 Å². The van der Waals surface area contributed by atoms with Gasteiger partial charge in [-0.2, -0.15) is 0 Å². The summed E-state index contributed by atoms with van der Waals surface area (Å²) >= 11 is 0. The molecule has 4 amide bonds. The van der Waals surface area contributed by atoms with Gasteiger partial charge in [0.15, 0.2) is 0 Å². The molecule has 222 valence electrons. The Morgan fingerprint density at radius 3 is 2.31 bits per heavy atom. The fourth-order valence-electron chi connectivity index (χ4n) is 5.64. The molecule has 39 heavy (non-hydrogen) atoms. The summed E-state index contributed by atoms with van der Waals surface area (Å²) in [5, 5.41) is 9.33. The van der Waals surface area contributed by atoms with Gasteiger partial charge in [0.1, 0.15) is 6.61 Å². The highest BCUT2D eigenvalue weighted by molar-refractivity contribution is 5.85. The summed E-state index contributed by atoms with van der Waals surface area (Å²) in [6, 6.07) is -0.125. The SMILES string of the molecule is CC(C)(C)CC(=O)N1CCC(N2CC(=O)NCC[C@H]3CNCC[C@H]3CC(=O)NCCOCCOCC2=O)CC1.